The van der Waals surface area contributed by atoms with Crippen LogP contribution in [0.2, 0.25) is 0 Å². The third-order valence-electron chi connectivity index (χ3n) is 5.05. The highest BCUT2D eigenvalue weighted by Crippen LogP contribution is 2.22. The van der Waals surface area contributed by atoms with E-state index in [1.54, 1.807) is 24.3 Å². The van der Waals surface area contributed by atoms with E-state index in [1.807, 2.05) is 51.1 Å². The van der Waals surface area contributed by atoms with Crippen molar-refractivity contribution in [2.75, 3.05) is 24.2 Å². The lowest BCUT2D eigenvalue weighted by molar-refractivity contribution is -0.140. The van der Waals surface area contributed by atoms with Crippen molar-refractivity contribution in [3.05, 3.63) is 60.2 Å². The Morgan fingerprint density at radius 1 is 1.03 bits per heavy atom. The van der Waals surface area contributed by atoms with Crippen molar-refractivity contribution in [2.24, 2.45) is 0 Å². The molecule has 2 amide bonds. The summed E-state index contributed by atoms with van der Waals surface area (Å²) in [4.78, 5) is 27.9. The number of hydrogen-bond acceptors (Lipinski definition) is 5. The summed E-state index contributed by atoms with van der Waals surface area (Å²) in [6.07, 6.45) is 1.44. The average molecular weight is 476 g/mol. The highest BCUT2D eigenvalue weighted by atomic mass is 32.2. The molecule has 0 spiro atoms. The maximum atomic E-state index is 13.5. The van der Waals surface area contributed by atoms with Crippen LogP contribution in [0, 0.1) is 0 Å². The fraction of sp³-hybridized carbons (Fsp3) is 0.417. The molecule has 0 fully saturated rings. The Balaban J connectivity index is 2.40. The molecule has 0 aromatic heterocycles. The number of sulfonamides is 1. The van der Waals surface area contributed by atoms with Gasteiger partial charge in [-0.1, -0.05) is 37.3 Å². The summed E-state index contributed by atoms with van der Waals surface area (Å²) < 4.78 is 31.3. The molecule has 0 radical (unpaired) electrons. The first kappa shape index (κ1) is 26.2. The summed E-state index contributed by atoms with van der Waals surface area (Å²) in [5.74, 6) is -0.168. The lowest BCUT2D eigenvalue weighted by Crippen LogP contribution is -2.53. The fourth-order valence-electron chi connectivity index (χ4n) is 3.44. The number of nitrogens with one attached hydrogen (secondary N) is 1. The Hall–Kier alpha value is -3.07. The SMILES string of the molecule is CCC(C(=O)NC(C)C)N(Cc1ccccc1)C(=O)CN(c1ccc(OC)cc1)S(C)(=O)=O. The minimum Gasteiger partial charge on any atom is -0.497 e. The second kappa shape index (κ2) is 11.7. The second-order valence-corrected chi connectivity index (χ2v) is 9.97. The Labute approximate surface area is 196 Å². The molecule has 0 saturated heterocycles. The van der Waals surface area contributed by atoms with Crippen LogP contribution < -0.4 is 14.4 Å². The average Bonchev–Trinajstić information content (AvgIpc) is 2.76. The third kappa shape index (κ3) is 7.49. The minimum atomic E-state index is -3.77. The molecular formula is C24H33N3O5S. The number of nitrogens with zero attached hydrogens (tertiary/aromatic N) is 2. The van der Waals surface area contributed by atoms with E-state index in [1.165, 1.54) is 12.0 Å². The van der Waals surface area contributed by atoms with E-state index in [9.17, 15) is 18.0 Å². The molecule has 0 heterocycles. The number of amides is 2. The van der Waals surface area contributed by atoms with E-state index in [-0.39, 0.29) is 18.5 Å². The predicted molar refractivity (Wildman–Crippen MR) is 130 cm³/mol. The molecule has 33 heavy (non-hydrogen) atoms. The molecule has 0 aliphatic rings. The summed E-state index contributed by atoms with van der Waals surface area (Å²) in [5, 5.41) is 2.86. The molecular weight excluding hydrogens is 442 g/mol. The van der Waals surface area contributed by atoms with Crippen molar-refractivity contribution in [3.8, 4) is 5.75 Å². The van der Waals surface area contributed by atoms with Crippen molar-refractivity contribution >= 4 is 27.5 Å². The molecule has 0 aliphatic heterocycles. The molecule has 0 saturated carbocycles. The molecule has 8 nitrogen and oxygen atoms in total. The number of carbonyl (C=O) groups excluding carboxylic acids is 2. The molecule has 180 valence electrons. The molecule has 2 aromatic carbocycles. The molecule has 2 rings (SSSR count). The van der Waals surface area contributed by atoms with Gasteiger partial charge in [0.2, 0.25) is 21.8 Å². The standard InChI is InChI=1S/C24H33N3O5S/c1-6-22(24(29)25-18(2)3)26(16-19-10-8-7-9-11-19)23(28)17-27(33(5,30)31)20-12-14-21(32-4)15-13-20/h7-15,18,22H,6,16-17H2,1-5H3,(H,25,29). The van der Waals surface area contributed by atoms with Gasteiger partial charge < -0.3 is 15.0 Å². The number of hydrogen-bond donors (Lipinski definition) is 1. The summed E-state index contributed by atoms with van der Waals surface area (Å²) in [5.41, 5.74) is 1.18. The Morgan fingerprint density at radius 3 is 2.12 bits per heavy atom. The lowest BCUT2D eigenvalue weighted by atomic mass is 10.1. The zero-order chi connectivity index (χ0) is 24.6. The quantitative estimate of drug-likeness (QED) is 0.539. The van der Waals surface area contributed by atoms with Crippen molar-refractivity contribution in [1.29, 1.82) is 0 Å². The van der Waals surface area contributed by atoms with Crippen molar-refractivity contribution in [3.63, 3.8) is 0 Å². The van der Waals surface area contributed by atoms with Crippen molar-refractivity contribution in [1.82, 2.24) is 10.2 Å². The first-order valence-electron chi connectivity index (χ1n) is 10.8. The van der Waals surface area contributed by atoms with Gasteiger partial charge in [-0.25, -0.2) is 8.42 Å². The minimum absolute atomic E-state index is 0.0907. The number of methoxy groups -OCH3 is 1. The van der Waals surface area contributed by atoms with Gasteiger partial charge in [-0.3, -0.25) is 13.9 Å². The van der Waals surface area contributed by atoms with Crippen LogP contribution in [-0.4, -0.2) is 57.1 Å². The van der Waals surface area contributed by atoms with Crippen LogP contribution in [0.15, 0.2) is 54.6 Å². The highest BCUT2D eigenvalue weighted by Gasteiger charge is 2.31. The van der Waals surface area contributed by atoms with Gasteiger partial charge >= 0.3 is 0 Å². The highest BCUT2D eigenvalue weighted by molar-refractivity contribution is 7.92. The van der Waals surface area contributed by atoms with Gasteiger partial charge in [-0.15, -0.1) is 0 Å². The zero-order valence-corrected chi connectivity index (χ0v) is 20.6. The van der Waals surface area contributed by atoms with Crippen LogP contribution in [0.5, 0.6) is 5.75 Å². The number of benzene rings is 2. The summed E-state index contributed by atoms with van der Waals surface area (Å²) in [7, 11) is -2.25. The van der Waals surface area contributed by atoms with E-state index >= 15 is 0 Å². The fourth-order valence-corrected chi connectivity index (χ4v) is 4.29. The maximum absolute atomic E-state index is 13.5. The van der Waals surface area contributed by atoms with Crippen molar-refractivity contribution < 1.29 is 22.7 Å². The second-order valence-electron chi connectivity index (χ2n) is 8.06. The normalized spacial score (nSPS) is 12.2. The molecule has 0 aliphatic carbocycles. The summed E-state index contributed by atoms with van der Waals surface area (Å²) >= 11 is 0. The van der Waals surface area contributed by atoms with Gasteiger partial charge in [-0.05, 0) is 50.1 Å². The molecule has 2 aromatic rings. The van der Waals surface area contributed by atoms with E-state index in [2.05, 4.69) is 5.32 Å². The van der Waals surface area contributed by atoms with Crippen molar-refractivity contribution in [2.45, 2.75) is 45.8 Å². The molecule has 1 unspecified atom stereocenters. The third-order valence-corrected chi connectivity index (χ3v) is 6.19. The summed E-state index contributed by atoms with van der Waals surface area (Å²) in [6.45, 7) is 5.28. The van der Waals surface area contributed by atoms with Gasteiger partial charge in [0.05, 0.1) is 19.1 Å². The first-order valence-corrected chi connectivity index (χ1v) is 12.7. The Kier molecular flexibility index (Phi) is 9.28. The van der Waals surface area contributed by atoms with Gasteiger partial charge in [0.25, 0.3) is 0 Å². The van der Waals surface area contributed by atoms with Crippen LogP contribution in [0.4, 0.5) is 5.69 Å². The van der Waals surface area contributed by atoms with Gasteiger partial charge in [0.15, 0.2) is 0 Å². The monoisotopic (exact) mass is 475 g/mol. The van der Waals surface area contributed by atoms with Crippen LogP contribution in [-0.2, 0) is 26.2 Å². The summed E-state index contributed by atoms with van der Waals surface area (Å²) in [6, 6.07) is 14.9. The predicted octanol–water partition coefficient (Wildman–Crippen LogP) is 2.79. The topological polar surface area (TPSA) is 96.0 Å². The number of rotatable bonds is 11. The maximum Gasteiger partial charge on any atom is 0.244 e. The zero-order valence-electron chi connectivity index (χ0n) is 19.8. The lowest BCUT2D eigenvalue weighted by Gasteiger charge is -2.33. The van der Waals surface area contributed by atoms with Crippen LogP contribution in [0.1, 0.15) is 32.8 Å². The first-order chi connectivity index (χ1) is 15.6. The number of ether oxygens (including phenoxy) is 1. The molecule has 1 N–H and O–H groups in total. The Morgan fingerprint density at radius 2 is 1.64 bits per heavy atom. The van der Waals surface area contributed by atoms with E-state index in [0.29, 0.717) is 17.9 Å². The van der Waals surface area contributed by atoms with Gasteiger partial charge in [0, 0.05) is 12.6 Å². The van der Waals surface area contributed by atoms with Crippen LogP contribution in [0.3, 0.4) is 0 Å². The smallest absolute Gasteiger partial charge is 0.244 e. The van der Waals surface area contributed by atoms with E-state index < -0.39 is 28.5 Å². The van der Waals surface area contributed by atoms with Crippen LogP contribution in [0.25, 0.3) is 0 Å². The largest absolute Gasteiger partial charge is 0.497 e. The molecule has 1 atom stereocenters. The number of anilines is 1. The number of carbonyl (C=O) groups is 2. The van der Waals surface area contributed by atoms with Crippen LogP contribution >= 0.6 is 0 Å². The van der Waals surface area contributed by atoms with Gasteiger partial charge in [-0.2, -0.15) is 0 Å². The molecule has 9 heteroatoms. The Bertz CT molecular complexity index is 1020. The van der Waals surface area contributed by atoms with Gasteiger partial charge in [0.1, 0.15) is 18.3 Å². The van der Waals surface area contributed by atoms with E-state index in [4.69, 9.17) is 4.74 Å². The molecule has 0 bridgehead atoms. The van der Waals surface area contributed by atoms with E-state index in [0.717, 1.165) is 16.1 Å².